The van der Waals surface area contributed by atoms with Gasteiger partial charge in [-0.3, -0.25) is 9.59 Å². The molecular weight excluding hydrogens is 302 g/mol. The van der Waals surface area contributed by atoms with Crippen molar-refractivity contribution in [1.29, 1.82) is 0 Å². The standard InChI is InChI=1S/C19H21N3O2/c1-3-16(13-15-7-5-4-6-8-15)21-22-19(24)18(23)20-17-11-9-14(2)10-12-17/h4-12H,3,13H2,1-2H3,(H,20,23)(H,22,24)/b21-16+. The van der Waals surface area contributed by atoms with Crippen LogP contribution in [0.2, 0.25) is 0 Å². The Morgan fingerprint density at radius 2 is 1.62 bits per heavy atom. The van der Waals surface area contributed by atoms with Gasteiger partial charge in [0.2, 0.25) is 0 Å². The largest absolute Gasteiger partial charge is 0.329 e. The van der Waals surface area contributed by atoms with Crippen molar-refractivity contribution in [3.05, 3.63) is 65.7 Å². The van der Waals surface area contributed by atoms with Gasteiger partial charge in [-0.1, -0.05) is 55.0 Å². The number of hydrogen-bond donors (Lipinski definition) is 2. The SMILES string of the molecule is CC/C(Cc1ccccc1)=N\NC(=O)C(=O)Nc1ccc(C)cc1. The van der Waals surface area contributed by atoms with Gasteiger partial charge in [-0.15, -0.1) is 0 Å². The highest BCUT2D eigenvalue weighted by Gasteiger charge is 2.13. The van der Waals surface area contributed by atoms with Crippen LogP contribution in [-0.2, 0) is 16.0 Å². The molecule has 5 nitrogen and oxygen atoms in total. The molecule has 2 aromatic rings. The lowest BCUT2D eigenvalue weighted by atomic mass is 10.1. The van der Waals surface area contributed by atoms with Crippen LogP contribution < -0.4 is 10.7 Å². The minimum absolute atomic E-state index is 0.574. The minimum atomic E-state index is -0.783. The van der Waals surface area contributed by atoms with E-state index in [0.717, 1.165) is 16.8 Å². The summed E-state index contributed by atoms with van der Waals surface area (Å²) < 4.78 is 0. The van der Waals surface area contributed by atoms with Crippen LogP contribution in [0.4, 0.5) is 5.69 Å². The van der Waals surface area contributed by atoms with Crippen molar-refractivity contribution < 1.29 is 9.59 Å². The molecule has 124 valence electrons. The third-order valence-corrected chi connectivity index (χ3v) is 3.49. The highest BCUT2D eigenvalue weighted by atomic mass is 16.2. The topological polar surface area (TPSA) is 70.6 Å². The van der Waals surface area contributed by atoms with Crippen molar-refractivity contribution in [2.75, 3.05) is 5.32 Å². The first-order valence-corrected chi connectivity index (χ1v) is 7.86. The zero-order valence-electron chi connectivity index (χ0n) is 13.9. The average molecular weight is 323 g/mol. The second kappa shape index (κ2) is 8.62. The number of carbonyl (C=O) groups is 2. The van der Waals surface area contributed by atoms with Crippen molar-refractivity contribution in [3.8, 4) is 0 Å². The number of amides is 2. The molecule has 0 aromatic heterocycles. The highest BCUT2D eigenvalue weighted by Crippen LogP contribution is 2.08. The van der Waals surface area contributed by atoms with Crippen LogP contribution in [0.1, 0.15) is 24.5 Å². The third-order valence-electron chi connectivity index (χ3n) is 3.49. The number of hydrazone groups is 1. The van der Waals surface area contributed by atoms with E-state index in [1.165, 1.54) is 0 Å². The molecule has 0 saturated heterocycles. The van der Waals surface area contributed by atoms with Gasteiger partial charge in [0.15, 0.2) is 0 Å². The molecule has 0 aliphatic carbocycles. The van der Waals surface area contributed by atoms with Gasteiger partial charge < -0.3 is 5.32 Å². The lowest BCUT2D eigenvalue weighted by Gasteiger charge is -2.06. The Labute approximate surface area is 141 Å². The Balaban J connectivity index is 1.92. The lowest BCUT2D eigenvalue weighted by Crippen LogP contribution is -2.33. The van der Waals surface area contributed by atoms with Gasteiger partial charge in [-0.2, -0.15) is 5.10 Å². The molecule has 0 unspecified atom stereocenters. The van der Waals surface area contributed by atoms with Crippen LogP contribution in [-0.4, -0.2) is 17.5 Å². The summed E-state index contributed by atoms with van der Waals surface area (Å²) >= 11 is 0. The number of carbonyl (C=O) groups excluding carboxylic acids is 2. The molecule has 2 amide bonds. The smallest absolute Gasteiger partial charge is 0.318 e. The first-order chi connectivity index (χ1) is 11.6. The summed E-state index contributed by atoms with van der Waals surface area (Å²) in [6.45, 7) is 3.91. The van der Waals surface area contributed by atoms with Crippen LogP contribution in [0, 0.1) is 6.92 Å². The monoisotopic (exact) mass is 323 g/mol. The predicted molar refractivity (Wildman–Crippen MR) is 95.8 cm³/mol. The molecular formula is C19H21N3O2. The summed E-state index contributed by atoms with van der Waals surface area (Å²) in [6.07, 6.45) is 1.33. The minimum Gasteiger partial charge on any atom is -0.318 e. The van der Waals surface area contributed by atoms with E-state index in [9.17, 15) is 9.59 Å². The molecule has 0 radical (unpaired) electrons. The summed E-state index contributed by atoms with van der Waals surface area (Å²) in [6, 6.07) is 17.1. The van der Waals surface area contributed by atoms with E-state index in [1.807, 2.05) is 56.3 Å². The van der Waals surface area contributed by atoms with Crippen molar-refractivity contribution in [3.63, 3.8) is 0 Å². The van der Waals surface area contributed by atoms with Crippen molar-refractivity contribution in [1.82, 2.24) is 5.43 Å². The number of aryl methyl sites for hydroxylation is 1. The van der Waals surface area contributed by atoms with E-state index in [4.69, 9.17) is 0 Å². The van der Waals surface area contributed by atoms with Crippen LogP contribution in [0.25, 0.3) is 0 Å². The zero-order chi connectivity index (χ0) is 17.4. The third kappa shape index (κ3) is 5.35. The first-order valence-electron chi connectivity index (χ1n) is 7.86. The van der Waals surface area contributed by atoms with Crippen LogP contribution in [0.5, 0.6) is 0 Å². The number of nitrogens with one attached hydrogen (secondary N) is 2. The van der Waals surface area contributed by atoms with E-state index in [2.05, 4.69) is 15.8 Å². The number of nitrogens with zero attached hydrogens (tertiary/aromatic N) is 1. The van der Waals surface area contributed by atoms with Gasteiger partial charge in [0.1, 0.15) is 0 Å². The maximum absolute atomic E-state index is 11.9. The molecule has 5 heteroatoms. The first kappa shape index (κ1) is 17.4. The number of benzene rings is 2. The average Bonchev–Trinajstić information content (AvgIpc) is 2.61. The second-order valence-corrected chi connectivity index (χ2v) is 5.46. The van der Waals surface area contributed by atoms with Crippen molar-refractivity contribution in [2.45, 2.75) is 26.7 Å². The van der Waals surface area contributed by atoms with E-state index in [-0.39, 0.29) is 0 Å². The molecule has 0 spiro atoms. The summed E-state index contributed by atoms with van der Waals surface area (Å²) in [5.74, 6) is -1.52. The Morgan fingerprint density at radius 3 is 2.25 bits per heavy atom. The number of rotatable bonds is 5. The Kier molecular flexibility index (Phi) is 6.25. The maximum Gasteiger partial charge on any atom is 0.329 e. The Hall–Kier alpha value is -2.95. The predicted octanol–water partition coefficient (Wildman–Crippen LogP) is 3.06. The lowest BCUT2D eigenvalue weighted by molar-refractivity contribution is -0.136. The van der Waals surface area contributed by atoms with E-state index < -0.39 is 11.8 Å². The van der Waals surface area contributed by atoms with Crippen LogP contribution in [0.3, 0.4) is 0 Å². The highest BCUT2D eigenvalue weighted by molar-refractivity contribution is 6.39. The summed E-state index contributed by atoms with van der Waals surface area (Å²) in [5, 5.41) is 6.61. The molecule has 0 aliphatic heterocycles. The fraction of sp³-hybridized carbons (Fsp3) is 0.211. The van der Waals surface area contributed by atoms with Crippen molar-refractivity contribution >= 4 is 23.2 Å². The molecule has 2 N–H and O–H groups in total. The van der Waals surface area contributed by atoms with Gasteiger partial charge in [-0.25, -0.2) is 5.43 Å². The molecule has 24 heavy (non-hydrogen) atoms. The second-order valence-electron chi connectivity index (χ2n) is 5.46. The maximum atomic E-state index is 11.9. The van der Waals surface area contributed by atoms with Gasteiger partial charge >= 0.3 is 11.8 Å². The van der Waals surface area contributed by atoms with Gasteiger partial charge in [0, 0.05) is 17.8 Å². The number of hydrogen-bond acceptors (Lipinski definition) is 3. The van der Waals surface area contributed by atoms with Gasteiger partial charge in [0.25, 0.3) is 0 Å². The summed E-state index contributed by atoms with van der Waals surface area (Å²) in [4.78, 5) is 23.7. The van der Waals surface area contributed by atoms with Crippen molar-refractivity contribution in [2.24, 2.45) is 5.10 Å². The van der Waals surface area contributed by atoms with Crippen LogP contribution in [0.15, 0.2) is 59.7 Å². The molecule has 2 aromatic carbocycles. The quantitative estimate of drug-likeness (QED) is 0.504. The number of anilines is 1. The normalized spacial score (nSPS) is 11.0. The van der Waals surface area contributed by atoms with Crippen LogP contribution >= 0.6 is 0 Å². The zero-order valence-corrected chi connectivity index (χ0v) is 13.9. The van der Waals surface area contributed by atoms with Gasteiger partial charge in [0.05, 0.1) is 0 Å². The molecule has 2 rings (SSSR count). The Bertz CT molecular complexity index is 722. The molecule has 0 atom stereocenters. The fourth-order valence-electron chi connectivity index (χ4n) is 2.08. The molecule has 0 fully saturated rings. The Morgan fingerprint density at radius 1 is 0.958 bits per heavy atom. The molecule has 0 bridgehead atoms. The van der Waals surface area contributed by atoms with Gasteiger partial charge in [-0.05, 0) is 31.0 Å². The van der Waals surface area contributed by atoms with E-state index in [0.29, 0.717) is 18.5 Å². The van der Waals surface area contributed by atoms with E-state index in [1.54, 1.807) is 12.1 Å². The fourth-order valence-corrected chi connectivity index (χ4v) is 2.08. The molecule has 0 saturated carbocycles. The summed E-state index contributed by atoms with van der Waals surface area (Å²) in [5.41, 5.74) is 5.89. The molecule has 0 aliphatic rings. The van der Waals surface area contributed by atoms with E-state index >= 15 is 0 Å². The molecule has 0 heterocycles. The summed E-state index contributed by atoms with van der Waals surface area (Å²) in [7, 11) is 0.